The van der Waals surface area contributed by atoms with Crippen LogP contribution < -0.4 is 21.7 Å². The molecule has 0 rings (SSSR count). The molecule has 3 amide bonds. The van der Waals surface area contributed by atoms with Crippen molar-refractivity contribution in [3.8, 4) is 0 Å². The average molecular weight is 399 g/mol. The van der Waals surface area contributed by atoms with Gasteiger partial charge in [-0.2, -0.15) is 0 Å². The highest BCUT2D eigenvalue weighted by Crippen LogP contribution is 2.12. The predicted octanol–water partition coefficient (Wildman–Crippen LogP) is 2.38. The van der Waals surface area contributed by atoms with Gasteiger partial charge in [-0.25, -0.2) is 0 Å². The van der Waals surface area contributed by atoms with Gasteiger partial charge in [-0.05, 0) is 13.5 Å². The van der Waals surface area contributed by atoms with Crippen molar-refractivity contribution in [2.75, 3.05) is 20.1 Å². The van der Waals surface area contributed by atoms with Crippen molar-refractivity contribution in [3.63, 3.8) is 0 Å². The van der Waals surface area contributed by atoms with Gasteiger partial charge in [-0.15, -0.1) is 0 Å². The van der Waals surface area contributed by atoms with Gasteiger partial charge in [-0.3, -0.25) is 14.4 Å². The van der Waals surface area contributed by atoms with Crippen LogP contribution in [0, 0.1) is 0 Å². The maximum absolute atomic E-state index is 12.1. The summed E-state index contributed by atoms with van der Waals surface area (Å²) in [5.74, 6) is -1.18. The van der Waals surface area contributed by atoms with E-state index in [9.17, 15) is 14.4 Å². The maximum atomic E-state index is 12.1. The third kappa shape index (κ3) is 16.5. The first-order chi connectivity index (χ1) is 13.5. The molecule has 0 aliphatic carbocycles. The largest absolute Gasteiger partial charge is 0.370 e. The Labute approximate surface area is 171 Å². The van der Waals surface area contributed by atoms with E-state index in [-0.39, 0.29) is 18.2 Å². The molecule has 28 heavy (non-hydrogen) atoms. The molecule has 0 saturated carbocycles. The second-order valence-corrected chi connectivity index (χ2v) is 7.47. The number of unbranched alkanes of at least 4 members (excludes halogenated alkanes) is 10. The molecule has 0 aromatic rings. The molecule has 1 atom stereocenters. The van der Waals surface area contributed by atoms with Gasteiger partial charge in [0.1, 0.15) is 6.04 Å². The van der Waals surface area contributed by atoms with Gasteiger partial charge in [-0.1, -0.05) is 71.1 Å². The van der Waals surface area contributed by atoms with Crippen LogP contribution in [0.15, 0.2) is 0 Å². The van der Waals surface area contributed by atoms with Gasteiger partial charge in [0.05, 0.1) is 6.42 Å². The fraction of sp³-hybridized carbons (Fsp3) is 0.857. The lowest BCUT2D eigenvalue weighted by Crippen LogP contribution is -2.49. The monoisotopic (exact) mass is 398 g/mol. The van der Waals surface area contributed by atoms with Gasteiger partial charge in [0.15, 0.2) is 0 Å². The number of rotatable bonds is 19. The highest BCUT2D eigenvalue weighted by molar-refractivity contribution is 5.91. The Morgan fingerprint density at radius 2 is 1.36 bits per heavy atom. The van der Waals surface area contributed by atoms with Gasteiger partial charge in [0.25, 0.3) is 0 Å². The van der Waals surface area contributed by atoms with E-state index in [1.54, 1.807) is 7.05 Å². The molecule has 0 saturated heterocycles. The van der Waals surface area contributed by atoms with Crippen molar-refractivity contribution in [2.24, 2.45) is 5.73 Å². The lowest BCUT2D eigenvalue weighted by molar-refractivity contribution is -0.131. The van der Waals surface area contributed by atoms with Crippen LogP contribution in [0.3, 0.4) is 0 Å². The Kier molecular flexibility index (Phi) is 17.6. The molecule has 5 N–H and O–H groups in total. The lowest BCUT2D eigenvalue weighted by atomic mass is 10.1. The summed E-state index contributed by atoms with van der Waals surface area (Å²) in [6.45, 7) is 3.28. The number of carbonyl (C=O) groups is 3. The SMILES string of the molecule is CCCCCCCCCCCCCC(=O)N[C@H](CC(N)=O)C(=O)NCCNC. The summed E-state index contributed by atoms with van der Waals surface area (Å²) in [6.07, 6.45) is 13.6. The number of likely N-dealkylation sites (N-methyl/N-ethyl adjacent to an activating group) is 1. The molecule has 0 aromatic carbocycles. The van der Waals surface area contributed by atoms with Gasteiger partial charge in [0, 0.05) is 19.5 Å². The Bertz CT molecular complexity index is 430. The summed E-state index contributed by atoms with van der Waals surface area (Å²) in [5.41, 5.74) is 5.19. The van der Waals surface area contributed by atoms with Crippen molar-refractivity contribution >= 4 is 17.7 Å². The molecular weight excluding hydrogens is 356 g/mol. The molecule has 0 spiro atoms. The molecule has 0 bridgehead atoms. The molecule has 7 heteroatoms. The van der Waals surface area contributed by atoms with Crippen LogP contribution in [-0.2, 0) is 14.4 Å². The third-order valence-electron chi connectivity index (χ3n) is 4.74. The molecule has 0 unspecified atom stereocenters. The van der Waals surface area contributed by atoms with Crippen LogP contribution in [0.25, 0.3) is 0 Å². The number of nitrogens with two attached hydrogens (primary N) is 1. The van der Waals surface area contributed by atoms with Gasteiger partial charge >= 0.3 is 0 Å². The van der Waals surface area contributed by atoms with Crippen molar-refractivity contribution in [3.05, 3.63) is 0 Å². The molecule has 0 aromatic heterocycles. The number of carbonyl (C=O) groups excluding carboxylic acids is 3. The first-order valence-electron chi connectivity index (χ1n) is 11.0. The Balaban J connectivity index is 3.84. The maximum Gasteiger partial charge on any atom is 0.243 e. The second-order valence-electron chi connectivity index (χ2n) is 7.47. The number of amides is 3. The summed E-state index contributed by atoms with van der Waals surface area (Å²) < 4.78 is 0. The van der Waals surface area contributed by atoms with Gasteiger partial charge in [0.2, 0.25) is 17.7 Å². The zero-order chi connectivity index (χ0) is 21.0. The molecular formula is C21H42N4O3. The lowest BCUT2D eigenvalue weighted by Gasteiger charge is -2.17. The van der Waals surface area contributed by atoms with Crippen molar-refractivity contribution in [1.82, 2.24) is 16.0 Å². The summed E-state index contributed by atoms with van der Waals surface area (Å²) in [5, 5.41) is 8.23. The number of primary amides is 1. The van der Waals surface area contributed by atoms with Gasteiger partial charge < -0.3 is 21.7 Å². The summed E-state index contributed by atoms with van der Waals surface area (Å²) >= 11 is 0. The van der Waals surface area contributed by atoms with E-state index in [0.29, 0.717) is 19.5 Å². The minimum absolute atomic E-state index is 0.185. The van der Waals surface area contributed by atoms with E-state index < -0.39 is 11.9 Å². The van der Waals surface area contributed by atoms with E-state index in [1.807, 2.05) is 0 Å². The molecule has 0 aliphatic rings. The topological polar surface area (TPSA) is 113 Å². The zero-order valence-electron chi connectivity index (χ0n) is 18.0. The summed E-state index contributed by atoms with van der Waals surface area (Å²) in [6, 6.07) is -0.894. The van der Waals surface area contributed by atoms with E-state index in [2.05, 4.69) is 22.9 Å². The molecule has 0 radical (unpaired) electrons. The normalized spacial score (nSPS) is 11.8. The van der Waals surface area contributed by atoms with Crippen LogP contribution in [0.4, 0.5) is 0 Å². The Morgan fingerprint density at radius 3 is 1.86 bits per heavy atom. The van der Waals surface area contributed by atoms with Crippen molar-refractivity contribution < 1.29 is 14.4 Å². The average Bonchev–Trinajstić information content (AvgIpc) is 2.65. The fourth-order valence-electron chi connectivity index (χ4n) is 3.06. The number of hydrogen-bond acceptors (Lipinski definition) is 4. The Morgan fingerprint density at radius 1 is 0.821 bits per heavy atom. The molecule has 164 valence electrons. The second kappa shape index (κ2) is 18.7. The molecule has 0 fully saturated rings. The van der Waals surface area contributed by atoms with E-state index in [1.165, 1.54) is 51.4 Å². The minimum Gasteiger partial charge on any atom is -0.370 e. The molecule has 0 heterocycles. The number of hydrogen-bond donors (Lipinski definition) is 4. The standard InChI is InChI=1S/C21H42N4O3/c1-3-4-5-6-7-8-9-10-11-12-13-14-20(27)25-18(17-19(22)26)21(28)24-16-15-23-2/h18,23H,3-17H2,1-2H3,(H2,22,26)(H,24,28)(H,25,27)/t18-/m1/s1. The summed E-state index contributed by atoms with van der Waals surface area (Å²) in [7, 11) is 1.78. The first kappa shape index (κ1) is 26.4. The fourth-order valence-corrected chi connectivity index (χ4v) is 3.06. The van der Waals surface area contributed by atoms with Crippen LogP contribution in [0.2, 0.25) is 0 Å². The quantitative estimate of drug-likeness (QED) is 0.250. The molecule has 0 aliphatic heterocycles. The first-order valence-corrected chi connectivity index (χ1v) is 11.0. The highest BCUT2D eigenvalue weighted by atomic mass is 16.2. The number of nitrogens with one attached hydrogen (secondary N) is 3. The zero-order valence-corrected chi connectivity index (χ0v) is 18.0. The van der Waals surface area contributed by atoms with Crippen LogP contribution >= 0.6 is 0 Å². The predicted molar refractivity (Wildman–Crippen MR) is 114 cm³/mol. The minimum atomic E-state index is -0.894. The van der Waals surface area contributed by atoms with Crippen LogP contribution in [0.5, 0.6) is 0 Å². The molecule has 7 nitrogen and oxygen atoms in total. The van der Waals surface area contributed by atoms with Crippen LogP contribution in [0.1, 0.15) is 90.4 Å². The smallest absolute Gasteiger partial charge is 0.243 e. The highest BCUT2D eigenvalue weighted by Gasteiger charge is 2.22. The summed E-state index contributed by atoms with van der Waals surface area (Å²) in [4.78, 5) is 35.3. The van der Waals surface area contributed by atoms with Crippen LogP contribution in [-0.4, -0.2) is 43.9 Å². The van der Waals surface area contributed by atoms with E-state index >= 15 is 0 Å². The van der Waals surface area contributed by atoms with Crippen molar-refractivity contribution in [2.45, 2.75) is 96.4 Å². The Hall–Kier alpha value is -1.63. The van der Waals surface area contributed by atoms with E-state index in [4.69, 9.17) is 5.73 Å². The third-order valence-corrected chi connectivity index (χ3v) is 4.74. The van der Waals surface area contributed by atoms with E-state index in [0.717, 1.165) is 19.3 Å². The van der Waals surface area contributed by atoms with Crippen molar-refractivity contribution in [1.29, 1.82) is 0 Å².